The van der Waals surface area contributed by atoms with Crippen molar-refractivity contribution < 1.29 is 13.2 Å². The highest BCUT2D eigenvalue weighted by atomic mass is 32.2. The fraction of sp³-hybridized carbons (Fsp3) is 0.312. The Labute approximate surface area is 139 Å². The van der Waals surface area contributed by atoms with Crippen molar-refractivity contribution in [3.05, 3.63) is 47.3 Å². The van der Waals surface area contributed by atoms with Gasteiger partial charge in [0.05, 0.1) is 9.77 Å². The molecule has 1 atom stereocenters. The maximum atomic E-state index is 12.6. The van der Waals surface area contributed by atoms with Crippen molar-refractivity contribution in [3.63, 3.8) is 0 Å². The smallest absolute Gasteiger partial charge is 0.264 e. The summed E-state index contributed by atoms with van der Waals surface area (Å²) in [7, 11) is -3.57. The summed E-state index contributed by atoms with van der Waals surface area (Å²) in [4.78, 5) is 15.0. The van der Waals surface area contributed by atoms with E-state index in [-0.39, 0.29) is 21.1 Å². The molecule has 1 fully saturated rings. The summed E-state index contributed by atoms with van der Waals surface area (Å²) in [6.45, 7) is 1.12. The lowest BCUT2D eigenvalue weighted by molar-refractivity contribution is 0.0746. The number of thiophene rings is 1. The SMILES string of the molecule is NCC1CCCN1C(=O)c1ccc(S(=O)(=O)c2ccccc2)s1. The third-order valence-corrected chi connectivity index (χ3v) is 7.36. The standard InChI is InChI=1S/C16H18N2O3S2/c17-11-12-5-4-10-18(12)16(19)14-8-9-15(22-14)23(20,21)13-6-2-1-3-7-13/h1-3,6-9,12H,4-5,10-11,17H2. The van der Waals surface area contributed by atoms with Gasteiger partial charge in [-0.05, 0) is 37.1 Å². The van der Waals surface area contributed by atoms with Crippen LogP contribution in [-0.4, -0.2) is 38.4 Å². The van der Waals surface area contributed by atoms with Gasteiger partial charge in [0.15, 0.2) is 0 Å². The van der Waals surface area contributed by atoms with Crippen LogP contribution in [0.3, 0.4) is 0 Å². The van der Waals surface area contributed by atoms with Crippen molar-refractivity contribution in [3.8, 4) is 0 Å². The molecule has 2 heterocycles. The van der Waals surface area contributed by atoms with Crippen molar-refractivity contribution in [2.75, 3.05) is 13.1 Å². The zero-order chi connectivity index (χ0) is 16.4. The number of amides is 1. The van der Waals surface area contributed by atoms with Gasteiger partial charge < -0.3 is 10.6 Å². The number of hydrogen-bond acceptors (Lipinski definition) is 5. The van der Waals surface area contributed by atoms with E-state index in [0.29, 0.717) is 18.0 Å². The molecular weight excluding hydrogens is 332 g/mol. The lowest BCUT2D eigenvalue weighted by Crippen LogP contribution is -2.39. The van der Waals surface area contributed by atoms with E-state index in [2.05, 4.69) is 0 Å². The van der Waals surface area contributed by atoms with Crippen LogP contribution < -0.4 is 5.73 Å². The lowest BCUT2D eigenvalue weighted by Gasteiger charge is -2.22. The second-order valence-electron chi connectivity index (χ2n) is 5.47. The Morgan fingerprint density at radius 3 is 2.65 bits per heavy atom. The van der Waals surface area contributed by atoms with E-state index in [0.717, 1.165) is 24.2 Å². The summed E-state index contributed by atoms with van der Waals surface area (Å²) in [6.07, 6.45) is 1.84. The number of benzene rings is 1. The molecule has 1 aromatic carbocycles. The minimum absolute atomic E-state index is 0.0544. The van der Waals surface area contributed by atoms with Crippen LogP contribution in [-0.2, 0) is 9.84 Å². The highest BCUT2D eigenvalue weighted by Crippen LogP contribution is 2.29. The van der Waals surface area contributed by atoms with Crippen molar-refractivity contribution in [1.29, 1.82) is 0 Å². The average molecular weight is 350 g/mol. The molecular formula is C16H18N2O3S2. The number of carbonyl (C=O) groups is 1. The van der Waals surface area contributed by atoms with Crippen LogP contribution in [0.4, 0.5) is 0 Å². The number of nitrogens with zero attached hydrogens (tertiary/aromatic N) is 1. The first-order valence-corrected chi connectivity index (χ1v) is 9.75. The Balaban J connectivity index is 1.88. The van der Waals surface area contributed by atoms with Crippen molar-refractivity contribution in [2.24, 2.45) is 5.73 Å². The van der Waals surface area contributed by atoms with E-state index in [1.54, 1.807) is 41.3 Å². The summed E-state index contributed by atoms with van der Waals surface area (Å²) in [5.74, 6) is -0.127. The molecule has 5 nitrogen and oxygen atoms in total. The summed E-state index contributed by atoms with van der Waals surface area (Å²) in [5, 5.41) is 0. The van der Waals surface area contributed by atoms with Gasteiger partial charge in [0.25, 0.3) is 5.91 Å². The van der Waals surface area contributed by atoms with E-state index in [1.807, 2.05) is 0 Å². The third-order valence-electron chi connectivity index (χ3n) is 4.02. The first-order chi connectivity index (χ1) is 11.0. The molecule has 0 aliphatic carbocycles. The lowest BCUT2D eigenvalue weighted by atomic mass is 10.2. The molecule has 1 aromatic heterocycles. The fourth-order valence-electron chi connectivity index (χ4n) is 2.78. The van der Waals surface area contributed by atoms with Gasteiger partial charge in [0.2, 0.25) is 9.84 Å². The van der Waals surface area contributed by atoms with Crippen LogP contribution in [0.15, 0.2) is 51.6 Å². The quantitative estimate of drug-likeness (QED) is 0.916. The fourth-order valence-corrected chi connectivity index (χ4v) is 5.47. The van der Waals surface area contributed by atoms with E-state index in [1.165, 1.54) is 6.07 Å². The number of rotatable bonds is 4. The van der Waals surface area contributed by atoms with Gasteiger partial charge in [-0.15, -0.1) is 11.3 Å². The molecule has 1 amide bonds. The number of sulfone groups is 1. The summed E-state index contributed by atoms with van der Waals surface area (Å²) in [5.41, 5.74) is 5.70. The second kappa shape index (κ2) is 6.43. The largest absolute Gasteiger partial charge is 0.334 e. The highest BCUT2D eigenvalue weighted by molar-refractivity contribution is 7.93. The van der Waals surface area contributed by atoms with E-state index in [4.69, 9.17) is 5.73 Å². The Morgan fingerprint density at radius 1 is 1.22 bits per heavy atom. The topological polar surface area (TPSA) is 80.5 Å². The molecule has 1 unspecified atom stereocenters. The maximum Gasteiger partial charge on any atom is 0.264 e. The third kappa shape index (κ3) is 3.04. The predicted molar refractivity (Wildman–Crippen MR) is 89.3 cm³/mol. The highest BCUT2D eigenvalue weighted by Gasteiger charge is 2.30. The number of nitrogens with two attached hydrogens (primary N) is 1. The number of hydrogen-bond donors (Lipinski definition) is 1. The van der Waals surface area contributed by atoms with Crippen LogP contribution in [0.5, 0.6) is 0 Å². The van der Waals surface area contributed by atoms with Crippen LogP contribution in [0.1, 0.15) is 22.5 Å². The molecule has 122 valence electrons. The molecule has 3 rings (SSSR count). The van der Waals surface area contributed by atoms with Gasteiger partial charge in [0, 0.05) is 19.1 Å². The molecule has 1 aliphatic rings. The monoisotopic (exact) mass is 350 g/mol. The molecule has 7 heteroatoms. The van der Waals surface area contributed by atoms with E-state index < -0.39 is 9.84 Å². The molecule has 1 saturated heterocycles. The molecule has 0 radical (unpaired) electrons. The molecule has 2 aromatic rings. The van der Waals surface area contributed by atoms with Crippen LogP contribution in [0.2, 0.25) is 0 Å². The normalized spacial score (nSPS) is 18.3. The second-order valence-corrected chi connectivity index (χ2v) is 8.73. The minimum Gasteiger partial charge on any atom is -0.334 e. The van der Waals surface area contributed by atoms with E-state index >= 15 is 0 Å². The Bertz CT molecular complexity index is 800. The average Bonchev–Trinajstić information content (AvgIpc) is 3.24. The Morgan fingerprint density at radius 2 is 1.96 bits per heavy atom. The maximum absolute atomic E-state index is 12.6. The molecule has 0 spiro atoms. The van der Waals surface area contributed by atoms with Gasteiger partial charge in [0.1, 0.15) is 4.21 Å². The molecule has 0 bridgehead atoms. The predicted octanol–water partition coefficient (Wildman–Crippen LogP) is 2.14. The van der Waals surface area contributed by atoms with Crippen molar-refractivity contribution in [2.45, 2.75) is 28.0 Å². The van der Waals surface area contributed by atoms with Gasteiger partial charge in [-0.1, -0.05) is 18.2 Å². The summed E-state index contributed by atoms with van der Waals surface area (Å²) >= 11 is 1.02. The number of likely N-dealkylation sites (tertiary alicyclic amines) is 1. The summed E-state index contributed by atoms with van der Waals surface area (Å²) < 4.78 is 25.3. The Kier molecular flexibility index (Phi) is 4.52. The summed E-state index contributed by atoms with van der Waals surface area (Å²) in [6, 6.07) is 11.4. The Hall–Kier alpha value is -1.70. The molecule has 1 aliphatic heterocycles. The van der Waals surface area contributed by atoms with Gasteiger partial charge in [-0.25, -0.2) is 8.42 Å². The van der Waals surface area contributed by atoms with Gasteiger partial charge in [-0.2, -0.15) is 0 Å². The van der Waals surface area contributed by atoms with E-state index in [9.17, 15) is 13.2 Å². The van der Waals surface area contributed by atoms with Crippen molar-refractivity contribution >= 4 is 27.1 Å². The molecule has 0 saturated carbocycles. The number of carbonyl (C=O) groups excluding carboxylic acids is 1. The first kappa shape index (κ1) is 16.2. The minimum atomic E-state index is -3.57. The zero-order valence-corrected chi connectivity index (χ0v) is 14.1. The molecule has 2 N–H and O–H groups in total. The van der Waals surface area contributed by atoms with Crippen molar-refractivity contribution in [1.82, 2.24) is 4.90 Å². The molecule has 23 heavy (non-hydrogen) atoms. The van der Waals surface area contributed by atoms with Crippen LogP contribution in [0, 0.1) is 0 Å². The van der Waals surface area contributed by atoms with Gasteiger partial charge >= 0.3 is 0 Å². The van der Waals surface area contributed by atoms with Crippen LogP contribution in [0.25, 0.3) is 0 Å². The zero-order valence-electron chi connectivity index (χ0n) is 12.5. The van der Waals surface area contributed by atoms with Crippen LogP contribution >= 0.6 is 11.3 Å². The first-order valence-electron chi connectivity index (χ1n) is 7.45. The van der Waals surface area contributed by atoms with Gasteiger partial charge in [-0.3, -0.25) is 4.79 Å².